The van der Waals surface area contributed by atoms with Crippen molar-refractivity contribution in [2.45, 2.75) is 77.9 Å². The predicted molar refractivity (Wildman–Crippen MR) is 113 cm³/mol. The van der Waals surface area contributed by atoms with Crippen LogP contribution in [0.15, 0.2) is 23.3 Å². The minimum absolute atomic E-state index is 0.113. The quantitative estimate of drug-likeness (QED) is 0.689. The topological polar surface area (TPSA) is 41.5 Å². The van der Waals surface area contributed by atoms with Crippen molar-refractivity contribution in [3.8, 4) is 0 Å². The number of aliphatic hydroxyl groups is 1. The van der Waals surface area contributed by atoms with E-state index in [4.69, 9.17) is 4.74 Å². The van der Waals surface area contributed by atoms with Gasteiger partial charge in [-0.25, -0.2) is 0 Å². The van der Waals surface area contributed by atoms with Crippen LogP contribution in [0.4, 0.5) is 0 Å². The van der Waals surface area contributed by atoms with Crippen molar-refractivity contribution in [2.24, 2.45) is 34.5 Å². The number of aliphatic hydroxyl groups excluding tert-OH is 1. The van der Waals surface area contributed by atoms with Crippen molar-refractivity contribution in [1.82, 2.24) is 5.32 Å². The largest absolute Gasteiger partial charge is 0.393 e. The monoisotopic (exact) mass is 385 g/mol. The number of morpholine rings is 1. The lowest BCUT2D eigenvalue weighted by Gasteiger charge is -2.60. The first-order valence-electron chi connectivity index (χ1n) is 11.9. The van der Waals surface area contributed by atoms with Crippen LogP contribution in [-0.2, 0) is 4.74 Å². The van der Waals surface area contributed by atoms with E-state index in [1.807, 2.05) is 0 Å². The molecule has 1 saturated heterocycles. The highest BCUT2D eigenvalue weighted by molar-refractivity contribution is 5.33. The maximum atomic E-state index is 10.3. The van der Waals surface area contributed by atoms with Crippen molar-refractivity contribution in [3.05, 3.63) is 23.3 Å². The average Bonchev–Trinajstić information content (AvgIpc) is 3.06. The van der Waals surface area contributed by atoms with Crippen LogP contribution in [0, 0.1) is 34.5 Å². The normalized spacial score (nSPS) is 50.9. The van der Waals surface area contributed by atoms with Crippen LogP contribution in [0.3, 0.4) is 0 Å². The minimum Gasteiger partial charge on any atom is -0.393 e. The summed E-state index contributed by atoms with van der Waals surface area (Å²) >= 11 is 0. The Morgan fingerprint density at radius 3 is 2.75 bits per heavy atom. The zero-order valence-electron chi connectivity index (χ0n) is 18.0. The van der Waals surface area contributed by atoms with Crippen LogP contribution in [0.25, 0.3) is 0 Å². The molecule has 4 aliphatic carbocycles. The molecule has 0 aromatic rings. The van der Waals surface area contributed by atoms with Gasteiger partial charge in [-0.2, -0.15) is 0 Å². The molecule has 3 nitrogen and oxygen atoms in total. The third-order valence-corrected chi connectivity index (χ3v) is 9.63. The summed E-state index contributed by atoms with van der Waals surface area (Å²) in [6.07, 6.45) is 13.6. The lowest BCUT2D eigenvalue weighted by Crippen LogP contribution is -2.54. The highest BCUT2D eigenvalue weighted by atomic mass is 16.5. The fraction of sp³-hybridized carbons (Fsp3) is 0.840. The van der Waals surface area contributed by atoms with Gasteiger partial charge in [0, 0.05) is 13.1 Å². The molecule has 3 unspecified atom stereocenters. The highest BCUT2D eigenvalue weighted by Gasteiger charge is 2.59. The second kappa shape index (κ2) is 6.96. The Labute approximate surface area is 171 Å². The molecule has 0 aromatic carbocycles. The van der Waals surface area contributed by atoms with Crippen molar-refractivity contribution < 1.29 is 9.84 Å². The summed E-state index contributed by atoms with van der Waals surface area (Å²) in [5, 5.41) is 13.9. The van der Waals surface area contributed by atoms with Crippen molar-refractivity contribution in [2.75, 3.05) is 19.7 Å². The molecule has 3 heteroatoms. The van der Waals surface area contributed by atoms with Crippen LogP contribution in [0.2, 0.25) is 0 Å². The first kappa shape index (κ1) is 19.3. The Balaban J connectivity index is 1.48. The number of allylic oxidation sites excluding steroid dienone is 2. The third kappa shape index (κ3) is 2.72. The van der Waals surface area contributed by atoms with Crippen LogP contribution in [0.1, 0.15) is 65.7 Å². The van der Waals surface area contributed by atoms with Crippen molar-refractivity contribution in [1.29, 1.82) is 0 Å². The average molecular weight is 386 g/mol. The number of rotatable bonds is 2. The fourth-order valence-corrected chi connectivity index (χ4v) is 8.06. The predicted octanol–water partition coefficient (Wildman–Crippen LogP) is 4.47. The van der Waals surface area contributed by atoms with Crippen molar-refractivity contribution in [3.63, 3.8) is 0 Å². The van der Waals surface area contributed by atoms with Gasteiger partial charge in [-0.1, -0.05) is 38.5 Å². The molecule has 156 valence electrons. The van der Waals surface area contributed by atoms with Gasteiger partial charge < -0.3 is 15.2 Å². The molecule has 1 heterocycles. The second-order valence-corrected chi connectivity index (χ2v) is 10.8. The van der Waals surface area contributed by atoms with E-state index in [0.29, 0.717) is 16.7 Å². The summed E-state index contributed by atoms with van der Waals surface area (Å²) in [5.74, 6) is 3.03. The van der Waals surface area contributed by atoms with Gasteiger partial charge in [-0.15, -0.1) is 0 Å². The molecule has 0 spiro atoms. The Morgan fingerprint density at radius 1 is 1.18 bits per heavy atom. The van der Waals surface area contributed by atoms with Crippen LogP contribution in [-0.4, -0.2) is 37.0 Å². The summed E-state index contributed by atoms with van der Waals surface area (Å²) in [6.45, 7) is 10.3. The first-order chi connectivity index (χ1) is 13.5. The number of hydrogen-bond acceptors (Lipinski definition) is 3. The van der Waals surface area contributed by atoms with Gasteiger partial charge in [0.05, 0.1) is 18.8 Å². The van der Waals surface area contributed by atoms with E-state index in [9.17, 15) is 5.11 Å². The molecule has 0 radical (unpaired) electrons. The number of fused-ring (bicyclic) bond motifs is 5. The van der Waals surface area contributed by atoms with Gasteiger partial charge in [0.15, 0.2) is 0 Å². The molecule has 5 aliphatic rings. The van der Waals surface area contributed by atoms with Crippen LogP contribution < -0.4 is 5.32 Å². The molecule has 1 aliphatic heterocycles. The molecular formula is C25H39NO2. The minimum atomic E-state index is -0.113. The molecule has 2 saturated carbocycles. The van der Waals surface area contributed by atoms with E-state index in [1.165, 1.54) is 32.1 Å². The van der Waals surface area contributed by atoms with E-state index < -0.39 is 0 Å². The number of nitrogens with one attached hydrogen (secondary N) is 1. The van der Waals surface area contributed by atoms with Crippen molar-refractivity contribution >= 4 is 0 Å². The smallest absolute Gasteiger partial charge is 0.0915 e. The van der Waals surface area contributed by atoms with Gasteiger partial charge in [-0.05, 0) is 85.0 Å². The third-order valence-electron chi connectivity index (χ3n) is 9.63. The molecule has 0 amide bonds. The van der Waals surface area contributed by atoms with E-state index in [2.05, 4.69) is 38.2 Å². The van der Waals surface area contributed by atoms with E-state index >= 15 is 0 Å². The lowest BCUT2D eigenvalue weighted by molar-refractivity contribution is -0.0604. The first-order valence-corrected chi connectivity index (χ1v) is 11.9. The number of hydrogen-bond donors (Lipinski definition) is 2. The summed E-state index contributed by atoms with van der Waals surface area (Å²) in [5.41, 5.74) is 3.84. The molecule has 0 aromatic heterocycles. The van der Waals surface area contributed by atoms with Crippen LogP contribution >= 0.6 is 0 Å². The standard InChI is InChI=1S/C25H39NO2/c1-4-16-13-17-14-18(27)7-9-24(17,2)21-8-10-25(3)19(5-6-20(25)23(16)21)22-15-26-11-12-28-22/h5,13,16,18,20-23,26-27H,4,6-12,14-15H2,1-3H3/t16?,18?,20-,21+,22?,23-,24-,25+/m0/s1. The molecule has 5 rings (SSSR count). The van der Waals surface area contributed by atoms with E-state index in [1.54, 1.807) is 11.1 Å². The van der Waals surface area contributed by atoms with Gasteiger partial charge in [0.2, 0.25) is 0 Å². The van der Waals surface area contributed by atoms with Gasteiger partial charge in [0.1, 0.15) is 0 Å². The maximum absolute atomic E-state index is 10.3. The second-order valence-electron chi connectivity index (χ2n) is 10.8. The fourth-order valence-electron chi connectivity index (χ4n) is 8.06. The van der Waals surface area contributed by atoms with Gasteiger partial charge in [-0.3, -0.25) is 0 Å². The summed E-state index contributed by atoms with van der Waals surface area (Å²) in [4.78, 5) is 0. The lowest BCUT2D eigenvalue weighted by atomic mass is 9.45. The molecule has 8 atom stereocenters. The zero-order valence-corrected chi connectivity index (χ0v) is 18.0. The Morgan fingerprint density at radius 2 is 2.00 bits per heavy atom. The zero-order chi connectivity index (χ0) is 19.5. The molecule has 2 N–H and O–H groups in total. The van der Waals surface area contributed by atoms with Gasteiger partial charge in [0.25, 0.3) is 0 Å². The molecule has 28 heavy (non-hydrogen) atoms. The Hall–Kier alpha value is -0.640. The van der Waals surface area contributed by atoms with E-state index in [-0.39, 0.29) is 12.2 Å². The summed E-state index contributed by atoms with van der Waals surface area (Å²) in [6, 6.07) is 0. The molecule has 3 fully saturated rings. The maximum Gasteiger partial charge on any atom is 0.0915 e. The SMILES string of the molecule is CCC1C=C2CC(O)CC[C@]2(C)[C@@H]2CC[C@]3(C)C(C4CNCCO4)=CC[C@H]3[C@H]12. The van der Waals surface area contributed by atoms with Gasteiger partial charge >= 0.3 is 0 Å². The Bertz CT molecular complexity index is 678. The Kier molecular flexibility index (Phi) is 4.80. The summed E-state index contributed by atoms with van der Waals surface area (Å²) < 4.78 is 6.21. The molecular weight excluding hydrogens is 346 g/mol. The molecule has 0 bridgehead atoms. The highest BCUT2D eigenvalue weighted by Crippen LogP contribution is 2.66. The summed E-state index contributed by atoms with van der Waals surface area (Å²) in [7, 11) is 0. The van der Waals surface area contributed by atoms with E-state index in [0.717, 1.165) is 50.3 Å². The number of ether oxygens (including phenoxy) is 1. The van der Waals surface area contributed by atoms with Crippen LogP contribution in [0.5, 0.6) is 0 Å².